The molecule has 66 valence electrons. The zero-order valence-corrected chi connectivity index (χ0v) is 7.45. The second-order valence-corrected chi connectivity index (χ2v) is 2.35. The molecule has 0 aliphatic heterocycles. The number of rotatable bonds is 2. The maximum atomic E-state index is 8.40. The fraction of sp³-hybridized carbons (Fsp3) is 0. The largest absolute Gasteiger partial charge is 0.427 e. The summed E-state index contributed by atoms with van der Waals surface area (Å²) in [5.41, 5.74) is 0. The van der Waals surface area contributed by atoms with Gasteiger partial charge in [-0.1, -0.05) is 18.2 Å². The third-order valence-electron chi connectivity index (χ3n) is 0.930. The molecule has 3 nitrogen and oxygen atoms in total. The van der Waals surface area contributed by atoms with Crippen LogP contribution in [-0.2, 0) is 0 Å². The molecule has 0 radical (unpaired) electrons. The summed E-state index contributed by atoms with van der Waals surface area (Å²) in [6.45, 7) is 6.00. The second kappa shape index (κ2) is 6.80. The molecule has 0 saturated carbocycles. The number of hydrogen-bond donors (Lipinski definition) is 2. The van der Waals surface area contributed by atoms with E-state index in [0.29, 0.717) is 5.75 Å². The summed E-state index contributed by atoms with van der Waals surface area (Å²) in [7, 11) is -2.28. The van der Waals surface area contributed by atoms with Crippen molar-refractivity contribution in [3.05, 3.63) is 43.5 Å². The van der Waals surface area contributed by atoms with Crippen molar-refractivity contribution < 1.29 is 14.3 Å². The highest BCUT2D eigenvalue weighted by Crippen LogP contribution is 2.27. The van der Waals surface area contributed by atoms with E-state index >= 15 is 0 Å². The van der Waals surface area contributed by atoms with Crippen LogP contribution in [0.2, 0.25) is 0 Å². The lowest BCUT2D eigenvalue weighted by molar-refractivity contribution is 0.375. The molecular formula is C8H11O3P. The number of benzene rings is 1. The molecule has 0 heterocycles. The first kappa shape index (κ1) is 11.1. The van der Waals surface area contributed by atoms with Crippen LogP contribution in [0.1, 0.15) is 0 Å². The van der Waals surface area contributed by atoms with Crippen LogP contribution >= 0.6 is 8.60 Å². The molecule has 0 saturated heterocycles. The van der Waals surface area contributed by atoms with Gasteiger partial charge in [-0.25, -0.2) is 0 Å². The van der Waals surface area contributed by atoms with E-state index < -0.39 is 8.60 Å². The van der Waals surface area contributed by atoms with E-state index in [4.69, 9.17) is 9.79 Å². The van der Waals surface area contributed by atoms with Gasteiger partial charge in [0.2, 0.25) is 0 Å². The monoisotopic (exact) mass is 186 g/mol. The number of para-hydroxylation sites is 1. The van der Waals surface area contributed by atoms with E-state index in [0.717, 1.165) is 0 Å². The highest BCUT2D eigenvalue weighted by molar-refractivity contribution is 7.39. The van der Waals surface area contributed by atoms with Crippen molar-refractivity contribution >= 4 is 8.60 Å². The van der Waals surface area contributed by atoms with Crippen LogP contribution in [0.3, 0.4) is 0 Å². The third kappa shape index (κ3) is 4.85. The van der Waals surface area contributed by atoms with Crippen LogP contribution in [0, 0.1) is 0 Å². The summed E-state index contributed by atoms with van der Waals surface area (Å²) < 4.78 is 4.59. The van der Waals surface area contributed by atoms with Crippen molar-refractivity contribution in [2.75, 3.05) is 0 Å². The Bertz CT molecular complexity index is 201. The lowest BCUT2D eigenvalue weighted by atomic mass is 10.3. The minimum absolute atomic E-state index is 0.471. The standard InChI is InChI=1S/C6H7O3P.C2H4/c7-10(8)9-6-4-2-1-3-5-6;1-2/h1-5,7-8H;1-2H2. The van der Waals surface area contributed by atoms with Gasteiger partial charge in [0.05, 0.1) is 0 Å². The minimum Gasteiger partial charge on any atom is -0.427 e. The van der Waals surface area contributed by atoms with Gasteiger partial charge in [-0.3, -0.25) is 0 Å². The predicted octanol–water partition coefficient (Wildman–Crippen LogP) is 2.08. The van der Waals surface area contributed by atoms with Gasteiger partial charge in [0.1, 0.15) is 5.75 Å². The van der Waals surface area contributed by atoms with Crippen molar-refractivity contribution in [2.24, 2.45) is 0 Å². The summed E-state index contributed by atoms with van der Waals surface area (Å²) in [5, 5.41) is 0. The van der Waals surface area contributed by atoms with E-state index in [1.807, 2.05) is 6.07 Å². The van der Waals surface area contributed by atoms with Crippen LogP contribution in [-0.4, -0.2) is 9.79 Å². The van der Waals surface area contributed by atoms with Crippen LogP contribution in [0.5, 0.6) is 5.75 Å². The Kier molecular flexibility index (Phi) is 6.29. The molecule has 4 heteroatoms. The summed E-state index contributed by atoms with van der Waals surface area (Å²) >= 11 is 0. The van der Waals surface area contributed by atoms with Gasteiger partial charge < -0.3 is 14.3 Å². The van der Waals surface area contributed by atoms with Crippen LogP contribution < -0.4 is 4.52 Å². The summed E-state index contributed by atoms with van der Waals surface area (Å²) in [5.74, 6) is 0.471. The maximum Gasteiger partial charge on any atom is 0.391 e. The van der Waals surface area contributed by atoms with Gasteiger partial charge in [0.25, 0.3) is 0 Å². The smallest absolute Gasteiger partial charge is 0.391 e. The van der Waals surface area contributed by atoms with Crippen LogP contribution in [0.4, 0.5) is 0 Å². The van der Waals surface area contributed by atoms with Crippen molar-refractivity contribution in [3.63, 3.8) is 0 Å². The third-order valence-corrected chi connectivity index (χ3v) is 1.30. The average Bonchev–Trinajstić information content (AvgIpc) is 2.08. The van der Waals surface area contributed by atoms with E-state index in [-0.39, 0.29) is 0 Å². The Balaban J connectivity index is 0.000000561. The van der Waals surface area contributed by atoms with Crippen molar-refractivity contribution in [3.8, 4) is 5.75 Å². The van der Waals surface area contributed by atoms with E-state index in [2.05, 4.69) is 17.7 Å². The Morgan fingerprint density at radius 1 is 1.08 bits per heavy atom. The highest BCUT2D eigenvalue weighted by Gasteiger charge is 1.99. The zero-order valence-electron chi connectivity index (χ0n) is 6.55. The molecule has 2 N–H and O–H groups in total. The Morgan fingerprint density at radius 2 is 1.58 bits per heavy atom. The summed E-state index contributed by atoms with van der Waals surface area (Å²) in [6, 6.07) is 8.65. The molecule has 0 amide bonds. The van der Waals surface area contributed by atoms with Crippen molar-refractivity contribution in [1.82, 2.24) is 0 Å². The molecule has 0 atom stereocenters. The number of hydrogen-bond acceptors (Lipinski definition) is 3. The predicted molar refractivity (Wildman–Crippen MR) is 49.7 cm³/mol. The second-order valence-electron chi connectivity index (χ2n) is 1.66. The average molecular weight is 186 g/mol. The molecule has 0 aromatic heterocycles. The Hall–Kier alpha value is -0.890. The molecule has 1 rings (SSSR count). The van der Waals surface area contributed by atoms with Crippen molar-refractivity contribution in [1.29, 1.82) is 0 Å². The Morgan fingerprint density at radius 3 is 2.00 bits per heavy atom. The molecular weight excluding hydrogens is 175 g/mol. The van der Waals surface area contributed by atoms with Gasteiger partial charge in [-0.15, -0.1) is 13.2 Å². The van der Waals surface area contributed by atoms with Crippen molar-refractivity contribution in [2.45, 2.75) is 0 Å². The normalized spacial score (nSPS) is 8.58. The van der Waals surface area contributed by atoms with Gasteiger partial charge >= 0.3 is 8.60 Å². The first-order chi connectivity index (χ1) is 5.79. The SMILES string of the molecule is C=C.OP(O)Oc1ccccc1. The lowest BCUT2D eigenvalue weighted by Crippen LogP contribution is -1.82. The summed E-state index contributed by atoms with van der Waals surface area (Å²) in [6.07, 6.45) is 0. The molecule has 0 aliphatic rings. The van der Waals surface area contributed by atoms with Gasteiger partial charge in [0.15, 0.2) is 0 Å². The summed E-state index contributed by atoms with van der Waals surface area (Å²) in [4.78, 5) is 16.8. The minimum atomic E-state index is -2.28. The lowest BCUT2D eigenvalue weighted by Gasteiger charge is -2.02. The first-order valence-electron chi connectivity index (χ1n) is 3.20. The van der Waals surface area contributed by atoms with Gasteiger partial charge in [0, 0.05) is 0 Å². The fourth-order valence-corrected chi connectivity index (χ4v) is 0.886. The molecule has 0 spiro atoms. The van der Waals surface area contributed by atoms with E-state index in [9.17, 15) is 0 Å². The van der Waals surface area contributed by atoms with Gasteiger partial charge in [-0.2, -0.15) is 0 Å². The molecule has 12 heavy (non-hydrogen) atoms. The maximum absolute atomic E-state index is 8.40. The molecule has 0 fully saturated rings. The van der Waals surface area contributed by atoms with E-state index in [1.54, 1.807) is 24.3 Å². The van der Waals surface area contributed by atoms with Crippen LogP contribution in [0.25, 0.3) is 0 Å². The Labute approximate surface area is 72.9 Å². The molecule has 1 aromatic carbocycles. The molecule has 0 aliphatic carbocycles. The fourth-order valence-electron chi connectivity index (χ4n) is 0.576. The van der Waals surface area contributed by atoms with Gasteiger partial charge in [-0.05, 0) is 12.1 Å². The highest BCUT2D eigenvalue weighted by atomic mass is 31.2. The molecule has 0 bridgehead atoms. The zero-order chi connectivity index (χ0) is 9.40. The first-order valence-corrected chi connectivity index (χ1v) is 4.36. The molecule has 0 unspecified atom stereocenters. The quantitative estimate of drug-likeness (QED) is 0.549. The topological polar surface area (TPSA) is 49.7 Å². The van der Waals surface area contributed by atoms with E-state index in [1.165, 1.54) is 0 Å². The molecule has 1 aromatic rings. The van der Waals surface area contributed by atoms with Crippen LogP contribution in [0.15, 0.2) is 43.5 Å².